The Morgan fingerprint density at radius 2 is 1.47 bits per heavy atom. The maximum Gasteiger partial charge on any atom is 0.340 e. The maximum atomic E-state index is 13.1. The molecule has 0 radical (unpaired) electrons. The minimum atomic E-state index is -0.726. The summed E-state index contributed by atoms with van der Waals surface area (Å²) in [5, 5.41) is 0. The Labute approximate surface area is 173 Å². The third-order valence-electron chi connectivity index (χ3n) is 6.72. The van der Waals surface area contributed by atoms with Gasteiger partial charge in [-0.1, -0.05) is 42.5 Å². The van der Waals surface area contributed by atoms with Crippen LogP contribution in [0.4, 0.5) is 5.69 Å². The zero-order valence-electron chi connectivity index (χ0n) is 16.3. The summed E-state index contributed by atoms with van der Waals surface area (Å²) in [6, 6.07) is 15.0. The topological polar surface area (TPSA) is 80.8 Å². The molecule has 3 fully saturated rings. The molecule has 3 aliphatic rings. The van der Waals surface area contributed by atoms with Crippen molar-refractivity contribution in [3.8, 4) is 0 Å². The quantitative estimate of drug-likeness (QED) is 0.435. The van der Waals surface area contributed by atoms with Gasteiger partial charge in [-0.05, 0) is 43.2 Å². The van der Waals surface area contributed by atoms with Gasteiger partial charge in [0.25, 0.3) is 0 Å². The van der Waals surface area contributed by atoms with Crippen molar-refractivity contribution in [2.24, 2.45) is 23.7 Å². The molecule has 0 N–H and O–H groups in total. The van der Waals surface area contributed by atoms with Crippen LogP contribution in [0.2, 0.25) is 0 Å². The second kappa shape index (κ2) is 7.20. The van der Waals surface area contributed by atoms with Crippen LogP contribution < -0.4 is 4.90 Å². The lowest BCUT2D eigenvalue weighted by Crippen LogP contribution is -2.34. The summed E-state index contributed by atoms with van der Waals surface area (Å²) in [5.74, 6) is -1.46. The fourth-order valence-electron chi connectivity index (χ4n) is 5.40. The number of nitrogens with zero attached hydrogens (tertiary/aromatic N) is 1. The number of ether oxygens (including phenoxy) is 1. The molecular weight excluding hydrogens is 382 g/mol. The molecule has 2 aromatic rings. The molecule has 152 valence electrons. The summed E-state index contributed by atoms with van der Waals surface area (Å²) in [7, 11) is 0. The number of carbonyl (C=O) groups is 4. The highest BCUT2D eigenvalue weighted by Gasteiger charge is 2.61. The van der Waals surface area contributed by atoms with Gasteiger partial charge < -0.3 is 4.74 Å². The number of hydrogen-bond acceptors (Lipinski definition) is 5. The van der Waals surface area contributed by atoms with Gasteiger partial charge in [-0.3, -0.25) is 14.4 Å². The molecule has 2 bridgehead atoms. The molecule has 2 saturated carbocycles. The van der Waals surface area contributed by atoms with E-state index in [1.165, 1.54) is 11.0 Å². The van der Waals surface area contributed by atoms with Crippen LogP contribution in [0, 0.1) is 23.7 Å². The maximum absolute atomic E-state index is 13.1. The Hall–Kier alpha value is -3.28. The predicted molar refractivity (Wildman–Crippen MR) is 108 cm³/mol. The lowest BCUT2D eigenvalue weighted by Gasteiger charge is -2.19. The Morgan fingerprint density at radius 3 is 2.13 bits per heavy atom. The van der Waals surface area contributed by atoms with E-state index in [1.54, 1.807) is 48.5 Å². The van der Waals surface area contributed by atoms with Crippen LogP contribution in [0.5, 0.6) is 0 Å². The van der Waals surface area contributed by atoms with Gasteiger partial charge in [-0.15, -0.1) is 0 Å². The molecule has 2 aromatic carbocycles. The number of carbonyl (C=O) groups excluding carboxylic acids is 4. The number of fused-ring (bicyclic) bond motifs is 5. The first-order chi connectivity index (χ1) is 14.6. The van der Waals surface area contributed by atoms with E-state index in [4.69, 9.17) is 4.74 Å². The van der Waals surface area contributed by atoms with E-state index in [0.29, 0.717) is 5.56 Å². The number of para-hydroxylation sites is 1. The zero-order valence-corrected chi connectivity index (χ0v) is 16.3. The minimum Gasteiger partial charge on any atom is -0.454 e. The minimum absolute atomic E-state index is 0.118. The number of benzene rings is 2. The number of anilines is 1. The fraction of sp³-hybridized carbons (Fsp3) is 0.333. The highest BCUT2D eigenvalue weighted by Crippen LogP contribution is 2.56. The average Bonchev–Trinajstić information content (AvgIpc) is 3.46. The summed E-state index contributed by atoms with van der Waals surface area (Å²) < 4.78 is 5.23. The number of amides is 2. The molecule has 0 unspecified atom stereocenters. The second-order valence-corrected chi connectivity index (χ2v) is 8.28. The van der Waals surface area contributed by atoms with E-state index in [9.17, 15) is 19.2 Å². The van der Waals surface area contributed by atoms with Crippen molar-refractivity contribution in [3.05, 3.63) is 65.7 Å². The zero-order chi connectivity index (χ0) is 20.8. The van der Waals surface area contributed by atoms with Crippen molar-refractivity contribution in [2.45, 2.75) is 19.3 Å². The third-order valence-corrected chi connectivity index (χ3v) is 6.72. The molecule has 30 heavy (non-hydrogen) atoms. The van der Waals surface area contributed by atoms with Crippen LogP contribution in [-0.4, -0.2) is 30.2 Å². The van der Waals surface area contributed by atoms with E-state index in [0.717, 1.165) is 19.3 Å². The van der Waals surface area contributed by atoms with Crippen LogP contribution in [0.25, 0.3) is 0 Å². The molecule has 1 heterocycles. The van der Waals surface area contributed by atoms with Crippen molar-refractivity contribution < 1.29 is 23.9 Å². The Morgan fingerprint density at radius 1 is 0.867 bits per heavy atom. The molecule has 6 heteroatoms. The normalized spacial score (nSPS) is 26.7. The number of rotatable bonds is 5. The average molecular weight is 403 g/mol. The molecular formula is C24H21NO5. The molecule has 5 rings (SSSR count). The van der Waals surface area contributed by atoms with Crippen LogP contribution in [0.1, 0.15) is 40.0 Å². The van der Waals surface area contributed by atoms with Crippen LogP contribution >= 0.6 is 0 Å². The first kappa shape index (κ1) is 18.7. The van der Waals surface area contributed by atoms with Gasteiger partial charge in [-0.2, -0.15) is 0 Å². The van der Waals surface area contributed by atoms with E-state index in [-0.39, 0.29) is 52.5 Å². The largest absolute Gasteiger partial charge is 0.454 e. The summed E-state index contributed by atoms with van der Waals surface area (Å²) >= 11 is 0. The Kier molecular flexibility index (Phi) is 4.50. The van der Waals surface area contributed by atoms with Gasteiger partial charge in [0.1, 0.15) is 0 Å². The monoisotopic (exact) mass is 403 g/mol. The number of esters is 1. The highest BCUT2D eigenvalue weighted by molar-refractivity contribution is 6.24. The van der Waals surface area contributed by atoms with Gasteiger partial charge >= 0.3 is 5.97 Å². The number of hydrogen-bond donors (Lipinski definition) is 0. The summed E-state index contributed by atoms with van der Waals surface area (Å²) in [4.78, 5) is 52.4. The number of imide groups is 1. The van der Waals surface area contributed by atoms with Crippen molar-refractivity contribution in [1.29, 1.82) is 0 Å². The first-order valence-corrected chi connectivity index (χ1v) is 10.3. The van der Waals surface area contributed by atoms with Crippen LogP contribution in [0.15, 0.2) is 54.6 Å². The highest BCUT2D eigenvalue weighted by atomic mass is 16.5. The van der Waals surface area contributed by atoms with E-state index in [1.807, 2.05) is 0 Å². The molecule has 2 amide bonds. The van der Waals surface area contributed by atoms with E-state index >= 15 is 0 Å². The second-order valence-electron chi connectivity index (χ2n) is 8.28. The molecule has 1 saturated heterocycles. The van der Waals surface area contributed by atoms with Crippen LogP contribution in [-0.2, 0) is 14.3 Å². The summed E-state index contributed by atoms with van der Waals surface area (Å²) in [6.45, 7) is -0.408. The van der Waals surface area contributed by atoms with Gasteiger partial charge in [0.2, 0.25) is 11.8 Å². The van der Waals surface area contributed by atoms with Gasteiger partial charge in [0.05, 0.1) is 23.1 Å². The summed E-state index contributed by atoms with van der Waals surface area (Å²) in [6.07, 6.45) is 2.93. The fourth-order valence-corrected chi connectivity index (χ4v) is 5.40. The smallest absolute Gasteiger partial charge is 0.340 e. The molecule has 6 nitrogen and oxygen atoms in total. The summed E-state index contributed by atoms with van der Waals surface area (Å²) in [5.41, 5.74) is 0.817. The molecule has 0 aromatic heterocycles. The molecule has 1 aliphatic heterocycles. The van der Waals surface area contributed by atoms with Crippen molar-refractivity contribution in [1.82, 2.24) is 0 Å². The first-order valence-electron chi connectivity index (χ1n) is 10.3. The third kappa shape index (κ3) is 2.86. The number of Topliss-reactive ketones (excluding diaryl/α,β-unsaturated/α-hetero) is 1. The van der Waals surface area contributed by atoms with Crippen LogP contribution in [0.3, 0.4) is 0 Å². The van der Waals surface area contributed by atoms with Crippen molar-refractivity contribution in [3.63, 3.8) is 0 Å². The lowest BCUT2D eigenvalue weighted by molar-refractivity contribution is -0.123. The molecule has 0 spiro atoms. The predicted octanol–water partition coefficient (Wildman–Crippen LogP) is 3.26. The van der Waals surface area contributed by atoms with Gasteiger partial charge in [0.15, 0.2) is 12.4 Å². The van der Waals surface area contributed by atoms with E-state index < -0.39 is 12.6 Å². The van der Waals surface area contributed by atoms with Gasteiger partial charge in [-0.25, -0.2) is 9.69 Å². The van der Waals surface area contributed by atoms with E-state index in [2.05, 4.69) is 0 Å². The Balaban J connectivity index is 1.37. The van der Waals surface area contributed by atoms with Crippen molar-refractivity contribution in [2.75, 3.05) is 11.5 Å². The molecule has 2 aliphatic carbocycles. The SMILES string of the molecule is O=C(COC(=O)c1ccccc1N1C(=O)[C@@H]2[C@@H]3CC[C@@H](C3)[C@@H]2C1=O)c1ccccc1. The lowest BCUT2D eigenvalue weighted by atomic mass is 9.81. The van der Waals surface area contributed by atoms with Crippen molar-refractivity contribution >= 4 is 29.3 Å². The number of ketones is 1. The standard InChI is InChI=1S/C24H21NO5/c26-19(14-6-2-1-3-7-14)13-30-24(29)17-8-4-5-9-18(17)25-22(27)20-15-10-11-16(12-15)21(20)23(25)28/h1-9,15-16,20-21H,10-13H2/t15-,16+,20-,21+. The Bertz CT molecular complexity index is 1020. The molecule has 4 atom stereocenters. The van der Waals surface area contributed by atoms with Gasteiger partial charge in [0, 0.05) is 5.56 Å².